The first-order valence-electron chi connectivity index (χ1n) is 5.73. The van der Waals surface area contributed by atoms with Gasteiger partial charge in [0.1, 0.15) is 0 Å². The fourth-order valence-electron chi connectivity index (χ4n) is 1.91. The Kier molecular flexibility index (Phi) is 3.89. The van der Waals surface area contributed by atoms with Crippen molar-refractivity contribution in [1.29, 1.82) is 0 Å². The molecule has 1 saturated heterocycles. The van der Waals surface area contributed by atoms with Gasteiger partial charge in [-0.25, -0.2) is 26.4 Å². The van der Waals surface area contributed by atoms with Gasteiger partial charge in [-0.1, -0.05) is 0 Å². The third-order valence-electron chi connectivity index (χ3n) is 2.95. The third kappa shape index (κ3) is 3.38. The van der Waals surface area contributed by atoms with Crippen molar-refractivity contribution in [2.45, 2.75) is 11.5 Å². The number of carboxylic acid groups (broad SMARTS) is 1. The lowest BCUT2D eigenvalue weighted by Crippen LogP contribution is -2.29. The largest absolute Gasteiger partial charge is 0.475 e. The number of sulfone groups is 1. The van der Waals surface area contributed by atoms with E-state index in [1.54, 1.807) is 0 Å². The number of hydrogen-bond acceptors (Lipinski definition) is 6. The summed E-state index contributed by atoms with van der Waals surface area (Å²) in [5.41, 5.74) is 0. The fraction of sp³-hybridized carbons (Fsp3) is 0.500. The topological polar surface area (TPSA) is 131 Å². The summed E-state index contributed by atoms with van der Waals surface area (Å²) in [6.07, 6.45) is 0.406. The summed E-state index contributed by atoms with van der Waals surface area (Å²) in [6.45, 7) is -0.0231. The molecule has 1 aromatic heterocycles. The van der Waals surface area contributed by atoms with Gasteiger partial charge in [0.25, 0.3) is 10.0 Å². The van der Waals surface area contributed by atoms with Gasteiger partial charge in [0, 0.05) is 6.54 Å². The summed E-state index contributed by atoms with van der Waals surface area (Å²) in [7, 11) is -7.04. The van der Waals surface area contributed by atoms with E-state index in [1.165, 1.54) is 0 Å². The summed E-state index contributed by atoms with van der Waals surface area (Å²) in [5, 5.41) is 8.14. The maximum atomic E-state index is 11.8. The minimum Gasteiger partial charge on any atom is -0.475 e. The molecule has 10 heteroatoms. The average molecular weight is 323 g/mol. The highest BCUT2D eigenvalue weighted by Gasteiger charge is 2.29. The molecule has 1 fully saturated rings. The predicted molar refractivity (Wildman–Crippen MR) is 67.6 cm³/mol. The highest BCUT2D eigenvalue weighted by molar-refractivity contribution is 7.91. The van der Waals surface area contributed by atoms with Gasteiger partial charge >= 0.3 is 5.97 Å². The lowest BCUT2D eigenvalue weighted by atomic mass is 10.1. The molecule has 20 heavy (non-hydrogen) atoms. The number of furan rings is 1. The standard InChI is InChI=1S/C10H13NO7S2/c12-10(13)8-1-2-9(18-8)20(16,17)11-5-7-3-4-19(14,15)6-7/h1-2,7,11H,3-6H2,(H,12,13). The zero-order chi connectivity index (χ0) is 15.0. The van der Waals surface area contributed by atoms with Crippen molar-refractivity contribution in [3.63, 3.8) is 0 Å². The van der Waals surface area contributed by atoms with Crippen molar-refractivity contribution in [3.05, 3.63) is 17.9 Å². The van der Waals surface area contributed by atoms with Crippen LogP contribution in [0, 0.1) is 5.92 Å². The molecule has 1 unspecified atom stereocenters. The second-order valence-electron chi connectivity index (χ2n) is 4.54. The molecule has 0 saturated carbocycles. The van der Waals surface area contributed by atoms with E-state index in [-0.39, 0.29) is 24.0 Å². The number of nitrogens with one attached hydrogen (secondary N) is 1. The van der Waals surface area contributed by atoms with Gasteiger partial charge in [0.15, 0.2) is 9.84 Å². The van der Waals surface area contributed by atoms with E-state index < -0.39 is 36.7 Å². The van der Waals surface area contributed by atoms with Gasteiger partial charge in [-0.3, -0.25) is 0 Å². The number of carboxylic acids is 1. The summed E-state index contributed by atoms with van der Waals surface area (Å²) in [4.78, 5) is 10.6. The highest BCUT2D eigenvalue weighted by atomic mass is 32.2. The minimum absolute atomic E-state index is 0.0231. The van der Waals surface area contributed by atoms with Gasteiger partial charge < -0.3 is 9.52 Å². The molecule has 1 aliphatic rings. The Hall–Kier alpha value is -1.39. The minimum atomic E-state index is -3.97. The highest BCUT2D eigenvalue weighted by Crippen LogP contribution is 2.19. The molecule has 0 radical (unpaired) electrons. The van der Waals surface area contributed by atoms with Crippen LogP contribution in [-0.2, 0) is 19.9 Å². The molecule has 1 aromatic rings. The maximum absolute atomic E-state index is 11.8. The molecule has 0 amide bonds. The van der Waals surface area contributed by atoms with E-state index in [0.717, 1.165) is 12.1 Å². The van der Waals surface area contributed by atoms with Crippen molar-refractivity contribution in [3.8, 4) is 0 Å². The molecule has 1 atom stereocenters. The molecule has 8 nitrogen and oxygen atoms in total. The van der Waals surface area contributed by atoms with E-state index in [9.17, 15) is 21.6 Å². The van der Waals surface area contributed by atoms with Crippen LogP contribution in [0.25, 0.3) is 0 Å². The summed E-state index contributed by atoms with van der Waals surface area (Å²) in [6, 6.07) is 2.08. The van der Waals surface area contributed by atoms with E-state index in [0.29, 0.717) is 6.42 Å². The zero-order valence-electron chi connectivity index (χ0n) is 10.3. The number of sulfonamides is 1. The number of hydrogen-bond donors (Lipinski definition) is 2. The Labute approximate surface area is 115 Å². The smallest absolute Gasteiger partial charge is 0.371 e. The van der Waals surface area contributed by atoms with Crippen molar-refractivity contribution in [1.82, 2.24) is 4.72 Å². The molecular weight excluding hydrogens is 310 g/mol. The van der Waals surface area contributed by atoms with E-state index in [2.05, 4.69) is 4.72 Å². The molecular formula is C10H13NO7S2. The van der Waals surface area contributed by atoms with Crippen LogP contribution >= 0.6 is 0 Å². The van der Waals surface area contributed by atoms with Gasteiger partial charge in [0.2, 0.25) is 10.9 Å². The Bertz CT molecular complexity index is 717. The number of aromatic carboxylic acids is 1. The summed E-state index contributed by atoms with van der Waals surface area (Å²) in [5.74, 6) is -2.11. The van der Waals surface area contributed by atoms with Crippen molar-refractivity contribution in [2.75, 3.05) is 18.1 Å². The Morgan fingerprint density at radius 3 is 2.65 bits per heavy atom. The van der Waals surface area contributed by atoms with E-state index in [4.69, 9.17) is 9.52 Å². The predicted octanol–water partition coefficient (Wildman–Crippen LogP) is -0.309. The first kappa shape index (κ1) is 15.0. The molecule has 0 aromatic carbocycles. The number of rotatable bonds is 5. The Morgan fingerprint density at radius 2 is 2.15 bits per heavy atom. The SMILES string of the molecule is O=C(O)c1ccc(S(=O)(=O)NCC2CCS(=O)(=O)C2)o1. The first-order valence-corrected chi connectivity index (χ1v) is 9.03. The zero-order valence-corrected chi connectivity index (χ0v) is 11.9. The second kappa shape index (κ2) is 5.19. The summed E-state index contributed by atoms with van der Waals surface area (Å²) < 4.78 is 53.1. The molecule has 1 aliphatic heterocycles. The Balaban J connectivity index is 2.02. The van der Waals surface area contributed by atoms with Crippen LogP contribution in [0.4, 0.5) is 0 Å². The van der Waals surface area contributed by atoms with Crippen LogP contribution in [0.2, 0.25) is 0 Å². The van der Waals surface area contributed by atoms with Crippen LogP contribution in [0.3, 0.4) is 0 Å². The molecule has 2 N–H and O–H groups in total. The van der Waals surface area contributed by atoms with Crippen molar-refractivity contribution < 1.29 is 31.2 Å². The normalized spacial score (nSPS) is 21.9. The maximum Gasteiger partial charge on any atom is 0.371 e. The molecule has 112 valence electrons. The monoisotopic (exact) mass is 323 g/mol. The lowest BCUT2D eigenvalue weighted by Gasteiger charge is -2.08. The Morgan fingerprint density at radius 1 is 1.45 bits per heavy atom. The number of carbonyl (C=O) groups is 1. The molecule has 2 rings (SSSR count). The first-order chi connectivity index (χ1) is 9.20. The van der Waals surface area contributed by atoms with Crippen LogP contribution in [0.15, 0.2) is 21.6 Å². The molecule has 0 aliphatic carbocycles. The van der Waals surface area contributed by atoms with Crippen LogP contribution in [-0.4, -0.2) is 46.0 Å². The fourth-order valence-corrected chi connectivity index (χ4v) is 4.82. The lowest BCUT2D eigenvalue weighted by molar-refractivity contribution is 0.0656. The van der Waals surface area contributed by atoms with Crippen LogP contribution in [0.5, 0.6) is 0 Å². The van der Waals surface area contributed by atoms with Crippen molar-refractivity contribution >= 4 is 25.8 Å². The van der Waals surface area contributed by atoms with Gasteiger partial charge in [-0.2, -0.15) is 0 Å². The van der Waals surface area contributed by atoms with E-state index >= 15 is 0 Å². The molecule has 0 spiro atoms. The van der Waals surface area contributed by atoms with Crippen LogP contribution in [0.1, 0.15) is 17.0 Å². The van der Waals surface area contributed by atoms with E-state index in [1.807, 2.05) is 0 Å². The van der Waals surface area contributed by atoms with Gasteiger partial charge in [-0.05, 0) is 24.5 Å². The molecule has 2 heterocycles. The van der Waals surface area contributed by atoms with Gasteiger partial charge in [-0.15, -0.1) is 0 Å². The van der Waals surface area contributed by atoms with Crippen LogP contribution < -0.4 is 4.72 Å². The average Bonchev–Trinajstić information content (AvgIpc) is 2.93. The molecule has 0 bridgehead atoms. The quantitative estimate of drug-likeness (QED) is 0.760. The van der Waals surface area contributed by atoms with Gasteiger partial charge in [0.05, 0.1) is 11.5 Å². The second-order valence-corrected chi connectivity index (χ2v) is 8.47. The van der Waals surface area contributed by atoms with Crippen molar-refractivity contribution in [2.24, 2.45) is 5.92 Å². The summed E-state index contributed by atoms with van der Waals surface area (Å²) >= 11 is 0. The third-order valence-corrected chi connectivity index (χ3v) is 6.08.